The second-order valence-electron chi connectivity index (χ2n) is 3.50. The van der Waals surface area contributed by atoms with Crippen molar-refractivity contribution >= 4 is 29.0 Å². The molecule has 0 bridgehead atoms. The van der Waals surface area contributed by atoms with Gasteiger partial charge in [-0.25, -0.2) is 0 Å². The highest BCUT2D eigenvalue weighted by atomic mass is 32.1. The lowest BCUT2D eigenvalue weighted by Crippen LogP contribution is -2.23. The number of nitrogens with zero attached hydrogens (tertiary/aromatic N) is 1. The summed E-state index contributed by atoms with van der Waals surface area (Å²) >= 11 is 1.31. The maximum atomic E-state index is 11.6. The highest BCUT2D eigenvalue weighted by Gasteiger charge is 2.26. The third-order valence-corrected chi connectivity index (χ3v) is 3.76. The van der Waals surface area contributed by atoms with Crippen LogP contribution in [0.3, 0.4) is 0 Å². The van der Waals surface area contributed by atoms with E-state index in [0.29, 0.717) is 4.88 Å². The lowest BCUT2D eigenvalue weighted by Gasteiger charge is -2.08. The summed E-state index contributed by atoms with van der Waals surface area (Å²) in [6, 6.07) is 0. The topological polar surface area (TPSA) is 84.6 Å². The van der Waals surface area contributed by atoms with Crippen molar-refractivity contribution in [1.29, 1.82) is 0 Å². The molecule has 1 aliphatic rings. The SMILES string of the molecule is CNC(=O)c1sc2c(c1C)C(N)=NC(=O)C2. The molecule has 3 N–H and O–H groups in total. The van der Waals surface area contributed by atoms with Gasteiger partial charge in [0.1, 0.15) is 5.84 Å². The number of fused-ring (bicyclic) bond motifs is 1. The van der Waals surface area contributed by atoms with E-state index in [0.717, 1.165) is 16.0 Å². The molecule has 1 aliphatic heterocycles. The van der Waals surface area contributed by atoms with Gasteiger partial charge >= 0.3 is 0 Å². The van der Waals surface area contributed by atoms with E-state index in [-0.39, 0.29) is 24.1 Å². The van der Waals surface area contributed by atoms with Crippen LogP contribution in [0.5, 0.6) is 0 Å². The lowest BCUT2D eigenvalue weighted by molar-refractivity contribution is -0.117. The normalized spacial score (nSPS) is 14.4. The zero-order chi connectivity index (χ0) is 11.9. The van der Waals surface area contributed by atoms with Crippen molar-refractivity contribution in [3.05, 3.63) is 20.9 Å². The Kier molecular flexibility index (Phi) is 2.51. The highest BCUT2D eigenvalue weighted by molar-refractivity contribution is 7.14. The molecule has 16 heavy (non-hydrogen) atoms. The molecule has 1 aromatic heterocycles. The van der Waals surface area contributed by atoms with Gasteiger partial charge in [-0.15, -0.1) is 11.3 Å². The Hall–Kier alpha value is -1.69. The Morgan fingerprint density at radius 3 is 2.88 bits per heavy atom. The molecule has 5 nitrogen and oxygen atoms in total. The highest BCUT2D eigenvalue weighted by Crippen LogP contribution is 2.30. The third kappa shape index (κ3) is 1.51. The number of thiophene rings is 1. The zero-order valence-corrected chi connectivity index (χ0v) is 9.77. The van der Waals surface area contributed by atoms with Crippen LogP contribution in [0.4, 0.5) is 0 Å². The number of nitrogens with one attached hydrogen (secondary N) is 1. The Bertz CT molecular complexity index is 516. The fourth-order valence-electron chi connectivity index (χ4n) is 1.73. The summed E-state index contributed by atoms with van der Waals surface area (Å²) in [6.07, 6.45) is 0.235. The van der Waals surface area contributed by atoms with E-state index in [1.807, 2.05) is 6.92 Å². The summed E-state index contributed by atoms with van der Waals surface area (Å²) in [5, 5.41) is 2.56. The van der Waals surface area contributed by atoms with Gasteiger partial charge in [-0.3, -0.25) is 9.59 Å². The number of nitrogens with two attached hydrogens (primary N) is 1. The van der Waals surface area contributed by atoms with Crippen LogP contribution in [0.15, 0.2) is 4.99 Å². The molecule has 0 aliphatic carbocycles. The lowest BCUT2D eigenvalue weighted by atomic mass is 10.0. The van der Waals surface area contributed by atoms with Crippen molar-refractivity contribution < 1.29 is 9.59 Å². The number of hydrogen-bond acceptors (Lipinski definition) is 4. The van der Waals surface area contributed by atoms with Crippen LogP contribution in [-0.2, 0) is 11.2 Å². The first kappa shape index (κ1) is 10.8. The Balaban J connectivity index is 2.58. The molecule has 0 unspecified atom stereocenters. The second-order valence-corrected chi connectivity index (χ2v) is 4.61. The molecule has 0 saturated heterocycles. The Morgan fingerprint density at radius 1 is 1.56 bits per heavy atom. The van der Waals surface area contributed by atoms with Gasteiger partial charge in [0, 0.05) is 17.5 Å². The molecule has 0 atom stereocenters. The van der Waals surface area contributed by atoms with Crippen molar-refractivity contribution in [2.24, 2.45) is 10.7 Å². The first-order valence-electron chi connectivity index (χ1n) is 4.76. The minimum Gasteiger partial charge on any atom is -0.383 e. The van der Waals surface area contributed by atoms with Gasteiger partial charge in [0.15, 0.2) is 0 Å². The van der Waals surface area contributed by atoms with E-state index < -0.39 is 0 Å². The number of hydrogen-bond donors (Lipinski definition) is 2. The average molecular weight is 237 g/mol. The molecule has 2 heterocycles. The van der Waals surface area contributed by atoms with Crippen LogP contribution in [0.25, 0.3) is 0 Å². The van der Waals surface area contributed by atoms with E-state index in [4.69, 9.17) is 5.73 Å². The predicted octanol–water partition coefficient (Wildman–Crippen LogP) is 0.204. The van der Waals surface area contributed by atoms with E-state index in [1.54, 1.807) is 7.05 Å². The molecule has 6 heteroatoms. The van der Waals surface area contributed by atoms with Crippen molar-refractivity contribution in [3.8, 4) is 0 Å². The number of aliphatic imine (C=N–C) groups is 1. The van der Waals surface area contributed by atoms with Crippen LogP contribution >= 0.6 is 11.3 Å². The van der Waals surface area contributed by atoms with Gasteiger partial charge in [-0.2, -0.15) is 4.99 Å². The summed E-state index contributed by atoms with van der Waals surface area (Å²) in [7, 11) is 1.57. The summed E-state index contributed by atoms with van der Waals surface area (Å²) in [6.45, 7) is 1.82. The maximum Gasteiger partial charge on any atom is 0.261 e. The Labute approximate surface area is 96.4 Å². The molecule has 2 amide bonds. The van der Waals surface area contributed by atoms with E-state index in [9.17, 15) is 9.59 Å². The molecule has 0 aromatic carbocycles. The average Bonchev–Trinajstić information content (AvgIpc) is 2.54. The van der Waals surface area contributed by atoms with Gasteiger partial charge in [0.05, 0.1) is 11.3 Å². The smallest absolute Gasteiger partial charge is 0.261 e. The molecule has 1 aromatic rings. The first-order chi connectivity index (χ1) is 7.54. The van der Waals surface area contributed by atoms with E-state index >= 15 is 0 Å². The summed E-state index contributed by atoms with van der Waals surface area (Å²) < 4.78 is 0. The molecular weight excluding hydrogens is 226 g/mol. The zero-order valence-electron chi connectivity index (χ0n) is 8.96. The molecule has 0 spiro atoms. The monoisotopic (exact) mass is 237 g/mol. The fraction of sp³-hybridized carbons (Fsp3) is 0.300. The number of amides is 2. The van der Waals surface area contributed by atoms with Gasteiger partial charge in [-0.1, -0.05) is 0 Å². The summed E-state index contributed by atoms with van der Waals surface area (Å²) in [5.74, 6) is -0.193. The third-order valence-electron chi connectivity index (χ3n) is 2.47. The van der Waals surface area contributed by atoms with Crippen LogP contribution in [-0.4, -0.2) is 24.7 Å². The quantitative estimate of drug-likeness (QED) is 0.732. The van der Waals surface area contributed by atoms with Crippen LogP contribution in [0.2, 0.25) is 0 Å². The number of amidine groups is 1. The van der Waals surface area contributed by atoms with Gasteiger partial charge in [0.25, 0.3) is 11.8 Å². The van der Waals surface area contributed by atoms with E-state index in [2.05, 4.69) is 10.3 Å². The maximum absolute atomic E-state index is 11.6. The predicted molar refractivity (Wildman–Crippen MR) is 61.9 cm³/mol. The number of rotatable bonds is 1. The second kappa shape index (κ2) is 3.71. The fourth-order valence-corrected chi connectivity index (χ4v) is 2.98. The standard InChI is InChI=1S/C10H11N3O2S/c1-4-7-5(3-6(14)13-9(7)11)16-8(4)10(15)12-2/h3H2,1-2H3,(H,12,15)(H2,11,13,14). The number of carbonyl (C=O) groups is 2. The van der Waals surface area contributed by atoms with Crippen LogP contribution < -0.4 is 11.1 Å². The van der Waals surface area contributed by atoms with Crippen molar-refractivity contribution in [3.63, 3.8) is 0 Å². The first-order valence-corrected chi connectivity index (χ1v) is 5.58. The minimum absolute atomic E-state index is 0.155. The largest absolute Gasteiger partial charge is 0.383 e. The Morgan fingerprint density at radius 2 is 2.25 bits per heavy atom. The summed E-state index contributed by atoms with van der Waals surface area (Å²) in [4.78, 5) is 27.9. The van der Waals surface area contributed by atoms with Crippen LogP contribution in [0.1, 0.15) is 25.7 Å². The van der Waals surface area contributed by atoms with Crippen molar-refractivity contribution in [2.75, 3.05) is 7.05 Å². The summed E-state index contributed by atoms with van der Waals surface area (Å²) in [5.41, 5.74) is 7.25. The molecule has 84 valence electrons. The molecule has 0 saturated carbocycles. The van der Waals surface area contributed by atoms with Crippen LogP contribution in [0, 0.1) is 6.92 Å². The molecule has 0 fully saturated rings. The number of carbonyl (C=O) groups excluding carboxylic acids is 2. The minimum atomic E-state index is -0.255. The van der Waals surface area contributed by atoms with Gasteiger partial charge < -0.3 is 11.1 Å². The van der Waals surface area contributed by atoms with Crippen molar-refractivity contribution in [2.45, 2.75) is 13.3 Å². The van der Waals surface area contributed by atoms with Gasteiger partial charge in [0.2, 0.25) is 0 Å². The molecular formula is C10H11N3O2S. The van der Waals surface area contributed by atoms with Crippen molar-refractivity contribution in [1.82, 2.24) is 5.32 Å². The van der Waals surface area contributed by atoms with Gasteiger partial charge in [-0.05, 0) is 12.5 Å². The molecule has 0 radical (unpaired) electrons. The van der Waals surface area contributed by atoms with E-state index in [1.165, 1.54) is 11.3 Å². The molecule has 2 rings (SSSR count).